The zero-order valence-corrected chi connectivity index (χ0v) is 10.3. The van der Waals surface area contributed by atoms with E-state index in [0.717, 1.165) is 8.58 Å². The molecular weight excluding hydrogens is 187 g/mol. The van der Waals surface area contributed by atoms with E-state index >= 15 is 0 Å². The van der Waals surface area contributed by atoms with Crippen molar-refractivity contribution in [3.63, 3.8) is 0 Å². The highest BCUT2D eigenvalue weighted by atomic mass is 31.1. The molecule has 1 aromatic carbocycles. The van der Waals surface area contributed by atoms with Crippen LogP contribution in [0.3, 0.4) is 0 Å². The molecule has 1 atom stereocenters. The molecule has 0 heterocycles. The molecule has 0 bridgehead atoms. The average molecular weight is 208 g/mol. The molecule has 1 rings (SSSR count). The van der Waals surface area contributed by atoms with Gasteiger partial charge < -0.3 is 0 Å². The number of hydrogen-bond donors (Lipinski definition) is 0. The maximum atomic E-state index is 2.27. The number of unbranched alkanes of at least 4 members (excludes halogenated alkanes) is 3. The fourth-order valence-electron chi connectivity index (χ4n) is 1.55. The Kier molecular flexibility index (Phi) is 5.87. The molecule has 0 N–H and O–H groups in total. The second-order valence-electron chi connectivity index (χ2n) is 3.80. The highest BCUT2D eigenvalue weighted by molar-refractivity contribution is 7.47. The Labute approximate surface area is 89.9 Å². The predicted octanol–water partition coefficient (Wildman–Crippen LogP) is 3.88. The van der Waals surface area contributed by atoms with Crippen molar-refractivity contribution in [2.45, 2.75) is 39.5 Å². The summed E-state index contributed by atoms with van der Waals surface area (Å²) in [7, 11) is 1.01. The molecule has 0 aliphatic carbocycles. The highest BCUT2D eigenvalue weighted by Gasteiger charge is 1.96. The molecule has 0 saturated heterocycles. The molecule has 0 spiro atoms. The van der Waals surface area contributed by atoms with Crippen molar-refractivity contribution in [2.75, 3.05) is 6.16 Å². The fraction of sp³-hybridized carbons (Fsp3) is 0.538. The Balaban J connectivity index is 2.21. The van der Waals surface area contributed by atoms with Gasteiger partial charge in [0.15, 0.2) is 0 Å². The first-order valence-corrected chi connectivity index (χ1v) is 6.85. The monoisotopic (exact) mass is 208 g/mol. The van der Waals surface area contributed by atoms with Gasteiger partial charge in [-0.2, -0.15) is 0 Å². The Morgan fingerprint density at radius 2 is 1.86 bits per heavy atom. The summed E-state index contributed by atoms with van der Waals surface area (Å²) < 4.78 is 0. The molecule has 0 fully saturated rings. The SMILES string of the molecule is CCCCCCPc1ccccc1C. The quantitative estimate of drug-likeness (QED) is 0.491. The van der Waals surface area contributed by atoms with Gasteiger partial charge in [-0.25, -0.2) is 0 Å². The molecule has 0 aliphatic rings. The van der Waals surface area contributed by atoms with Crippen molar-refractivity contribution >= 4 is 13.9 Å². The normalized spacial score (nSPS) is 11.3. The van der Waals surface area contributed by atoms with Crippen LogP contribution in [-0.4, -0.2) is 6.16 Å². The van der Waals surface area contributed by atoms with Crippen molar-refractivity contribution in [1.82, 2.24) is 0 Å². The summed E-state index contributed by atoms with van der Waals surface area (Å²) in [5.74, 6) is 0. The highest BCUT2D eigenvalue weighted by Crippen LogP contribution is 2.15. The van der Waals surface area contributed by atoms with E-state index in [-0.39, 0.29) is 0 Å². The van der Waals surface area contributed by atoms with Gasteiger partial charge in [0, 0.05) is 0 Å². The zero-order chi connectivity index (χ0) is 10.2. The van der Waals surface area contributed by atoms with E-state index in [2.05, 4.69) is 38.1 Å². The van der Waals surface area contributed by atoms with Gasteiger partial charge in [0.25, 0.3) is 0 Å². The van der Waals surface area contributed by atoms with E-state index in [1.54, 1.807) is 5.30 Å². The van der Waals surface area contributed by atoms with Crippen LogP contribution in [0.4, 0.5) is 0 Å². The van der Waals surface area contributed by atoms with E-state index in [4.69, 9.17) is 0 Å². The van der Waals surface area contributed by atoms with E-state index in [1.165, 1.54) is 37.4 Å². The van der Waals surface area contributed by atoms with Crippen LogP contribution >= 0.6 is 8.58 Å². The van der Waals surface area contributed by atoms with Gasteiger partial charge in [0.1, 0.15) is 0 Å². The van der Waals surface area contributed by atoms with Gasteiger partial charge in [-0.3, -0.25) is 0 Å². The number of rotatable bonds is 6. The molecule has 0 nitrogen and oxygen atoms in total. The maximum Gasteiger partial charge on any atom is -0.0242 e. The summed E-state index contributed by atoms with van der Waals surface area (Å²) >= 11 is 0. The van der Waals surface area contributed by atoms with Gasteiger partial charge in [-0.1, -0.05) is 59.0 Å². The summed E-state index contributed by atoms with van der Waals surface area (Å²) in [6.07, 6.45) is 6.94. The minimum absolute atomic E-state index is 1.01. The van der Waals surface area contributed by atoms with Gasteiger partial charge in [0.2, 0.25) is 0 Å². The van der Waals surface area contributed by atoms with E-state index in [9.17, 15) is 0 Å². The lowest BCUT2D eigenvalue weighted by Gasteiger charge is -2.04. The van der Waals surface area contributed by atoms with Crippen molar-refractivity contribution in [1.29, 1.82) is 0 Å². The van der Waals surface area contributed by atoms with Gasteiger partial charge in [-0.15, -0.1) is 0 Å². The van der Waals surface area contributed by atoms with Crippen molar-refractivity contribution < 1.29 is 0 Å². The number of aryl methyl sites for hydroxylation is 1. The smallest absolute Gasteiger partial charge is 0.0242 e. The first-order chi connectivity index (χ1) is 6.84. The fourth-order valence-corrected chi connectivity index (χ4v) is 2.82. The molecule has 78 valence electrons. The summed E-state index contributed by atoms with van der Waals surface area (Å²) in [6, 6.07) is 8.77. The topological polar surface area (TPSA) is 0 Å². The molecule has 1 heteroatoms. The van der Waals surface area contributed by atoms with E-state index in [0.29, 0.717) is 0 Å². The molecule has 14 heavy (non-hydrogen) atoms. The number of benzene rings is 1. The van der Waals surface area contributed by atoms with Gasteiger partial charge >= 0.3 is 0 Å². The average Bonchev–Trinajstić information content (AvgIpc) is 2.20. The third-order valence-corrected chi connectivity index (χ3v) is 4.04. The summed E-state index contributed by atoms with van der Waals surface area (Å²) in [4.78, 5) is 0. The van der Waals surface area contributed by atoms with Crippen molar-refractivity contribution in [3.05, 3.63) is 29.8 Å². The predicted molar refractivity (Wildman–Crippen MR) is 68.1 cm³/mol. The lowest BCUT2D eigenvalue weighted by Crippen LogP contribution is -1.99. The van der Waals surface area contributed by atoms with Crippen LogP contribution in [0.5, 0.6) is 0 Å². The lowest BCUT2D eigenvalue weighted by molar-refractivity contribution is 0.706. The first kappa shape index (κ1) is 11.7. The van der Waals surface area contributed by atoms with Crippen molar-refractivity contribution in [2.24, 2.45) is 0 Å². The minimum atomic E-state index is 1.01. The van der Waals surface area contributed by atoms with Crippen LogP contribution < -0.4 is 5.30 Å². The minimum Gasteiger partial charge on any atom is -0.0901 e. The van der Waals surface area contributed by atoms with Crippen LogP contribution in [0, 0.1) is 6.92 Å². The molecule has 0 aromatic heterocycles. The molecule has 0 saturated carbocycles. The first-order valence-electron chi connectivity index (χ1n) is 5.64. The van der Waals surface area contributed by atoms with E-state index in [1.807, 2.05) is 0 Å². The third kappa shape index (κ3) is 4.24. The maximum absolute atomic E-state index is 2.27. The van der Waals surface area contributed by atoms with Crippen molar-refractivity contribution in [3.8, 4) is 0 Å². The van der Waals surface area contributed by atoms with Crippen LogP contribution in [0.1, 0.15) is 38.2 Å². The van der Waals surface area contributed by atoms with E-state index < -0.39 is 0 Å². The molecule has 1 unspecified atom stereocenters. The summed E-state index contributed by atoms with van der Waals surface area (Å²) in [5.41, 5.74) is 1.46. The number of hydrogen-bond acceptors (Lipinski definition) is 0. The second kappa shape index (κ2) is 7.01. The second-order valence-corrected chi connectivity index (χ2v) is 5.19. The molecular formula is C13H21P. The Morgan fingerprint density at radius 3 is 2.57 bits per heavy atom. The molecule has 0 radical (unpaired) electrons. The molecule has 0 aliphatic heterocycles. The zero-order valence-electron chi connectivity index (χ0n) is 9.34. The lowest BCUT2D eigenvalue weighted by atomic mass is 10.2. The van der Waals surface area contributed by atoms with Crippen LogP contribution in [-0.2, 0) is 0 Å². The summed E-state index contributed by atoms with van der Waals surface area (Å²) in [5, 5.41) is 1.56. The Bertz CT molecular complexity index is 255. The van der Waals surface area contributed by atoms with Gasteiger partial charge in [-0.05, 0) is 30.4 Å². The van der Waals surface area contributed by atoms with Crippen LogP contribution in [0.15, 0.2) is 24.3 Å². The Hall–Kier alpha value is -0.350. The molecule has 0 amide bonds. The summed E-state index contributed by atoms with van der Waals surface area (Å²) in [6.45, 7) is 4.48. The van der Waals surface area contributed by atoms with Crippen LogP contribution in [0.2, 0.25) is 0 Å². The third-order valence-electron chi connectivity index (χ3n) is 2.49. The molecule has 1 aromatic rings. The largest absolute Gasteiger partial charge is 0.0901 e. The van der Waals surface area contributed by atoms with Gasteiger partial charge in [0.05, 0.1) is 0 Å². The van der Waals surface area contributed by atoms with Crippen LogP contribution in [0.25, 0.3) is 0 Å². The standard InChI is InChI=1S/C13H21P/c1-3-4-5-8-11-14-13-10-7-6-9-12(13)2/h6-7,9-10,14H,3-5,8,11H2,1-2H3. The Morgan fingerprint density at radius 1 is 1.07 bits per heavy atom.